The molecule has 8 heteroatoms. The van der Waals surface area contributed by atoms with Crippen molar-refractivity contribution in [3.63, 3.8) is 0 Å². The van der Waals surface area contributed by atoms with Crippen LogP contribution in [0.15, 0.2) is 40.2 Å². The standard InChI is InChI=1S/C18H20N4O4/c1-11(2)12-5-7-13(8-6-12)26-14(23)9-22-17(24)15-16(19-10-20(15)3)21(4)18(22)25/h5-8,10-11H,9H2,1-4H3. The first kappa shape index (κ1) is 17.7. The lowest BCUT2D eigenvalue weighted by atomic mass is 10.0. The molecule has 3 rings (SSSR count). The number of fused-ring (bicyclic) bond motifs is 1. The Labute approximate surface area is 149 Å². The smallest absolute Gasteiger partial charge is 0.333 e. The quantitative estimate of drug-likeness (QED) is 0.517. The zero-order valence-electron chi connectivity index (χ0n) is 15.1. The highest BCUT2D eigenvalue weighted by Crippen LogP contribution is 2.18. The van der Waals surface area contributed by atoms with Crippen LogP contribution in [0.3, 0.4) is 0 Å². The molecule has 1 aromatic carbocycles. The number of aromatic nitrogens is 4. The Bertz CT molecular complexity index is 1090. The third kappa shape index (κ3) is 3.05. The Morgan fingerprint density at radius 3 is 2.42 bits per heavy atom. The van der Waals surface area contributed by atoms with E-state index in [4.69, 9.17) is 4.74 Å². The van der Waals surface area contributed by atoms with Gasteiger partial charge in [0, 0.05) is 14.1 Å². The molecule has 0 N–H and O–H groups in total. The summed E-state index contributed by atoms with van der Waals surface area (Å²) in [5, 5.41) is 0. The maximum absolute atomic E-state index is 12.6. The monoisotopic (exact) mass is 356 g/mol. The maximum Gasteiger partial charge on any atom is 0.333 e. The SMILES string of the molecule is CC(C)c1ccc(OC(=O)Cn2c(=O)c3c(ncn3C)n(C)c2=O)cc1. The van der Waals surface area contributed by atoms with Gasteiger partial charge in [-0.05, 0) is 23.6 Å². The van der Waals surface area contributed by atoms with E-state index in [0.29, 0.717) is 11.7 Å². The molecule has 136 valence electrons. The van der Waals surface area contributed by atoms with E-state index < -0.39 is 23.8 Å². The van der Waals surface area contributed by atoms with Crippen LogP contribution >= 0.6 is 0 Å². The first-order valence-electron chi connectivity index (χ1n) is 8.21. The van der Waals surface area contributed by atoms with Crippen molar-refractivity contribution in [2.45, 2.75) is 26.3 Å². The van der Waals surface area contributed by atoms with Gasteiger partial charge in [-0.3, -0.25) is 9.36 Å². The largest absolute Gasteiger partial charge is 0.425 e. The van der Waals surface area contributed by atoms with E-state index in [-0.39, 0.29) is 11.2 Å². The fourth-order valence-corrected chi connectivity index (χ4v) is 2.75. The van der Waals surface area contributed by atoms with Gasteiger partial charge in [-0.1, -0.05) is 26.0 Å². The predicted molar refractivity (Wildman–Crippen MR) is 96.4 cm³/mol. The van der Waals surface area contributed by atoms with Crippen molar-refractivity contribution in [3.8, 4) is 5.75 Å². The minimum Gasteiger partial charge on any atom is -0.425 e. The summed E-state index contributed by atoms with van der Waals surface area (Å²) in [6, 6.07) is 7.14. The molecule has 0 aliphatic rings. The normalized spacial score (nSPS) is 11.3. The minimum atomic E-state index is -0.692. The maximum atomic E-state index is 12.6. The summed E-state index contributed by atoms with van der Waals surface area (Å²) in [6.07, 6.45) is 1.45. The second-order valence-electron chi connectivity index (χ2n) is 6.46. The van der Waals surface area contributed by atoms with Gasteiger partial charge in [0.2, 0.25) is 0 Å². The number of esters is 1. The number of benzene rings is 1. The van der Waals surface area contributed by atoms with Gasteiger partial charge in [0.1, 0.15) is 12.3 Å². The lowest BCUT2D eigenvalue weighted by Crippen LogP contribution is -2.42. The van der Waals surface area contributed by atoms with E-state index in [1.807, 2.05) is 12.1 Å². The Hall–Kier alpha value is -3.16. The Kier molecular flexibility index (Phi) is 4.50. The molecule has 0 aliphatic heterocycles. The molecule has 0 radical (unpaired) electrons. The van der Waals surface area contributed by atoms with Crippen molar-refractivity contribution in [2.75, 3.05) is 0 Å². The number of hydrogen-bond acceptors (Lipinski definition) is 5. The molecular formula is C18H20N4O4. The van der Waals surface area contributed by atoms with Crippen molar-refractivity contribution in [1.29, 1.82) is 0 Å². The van der Waals surface area contributed by atoms with Crippen LogP contribution in [-0.2, 0) is 25.4 Å². The number of aryl methyl sites for hydroxylation is 2. The zero-order valence-corrected chi connectivity index (χ0v) is 15.1. The average molecular weight is 356 g/mol. The Morgan fingerprint density at radius 1 is 1.15 bits per heavy atom. The van der Waals surface area contributed by atoms with E-state index >= 15 is 0 Å². The number of hydrogen-bond donors (Lipinski definition) is 0. The first-order valence-corrected chi connectivity index (χ1v) is 8.21. The number of carbonyl (C=O) groups excluding carboxylic acids is 1. The summed E-state index contributed by atoms with van der Waals surface area (Å²) in [7, 11) is 3.16. The van der Waals surface area contributed by atoms with Crippen LogP contribution in [0.1, 0.15) is 25.3 Å². The van der Waals surface area contributed by atoms with Gasteiger partial charge >= 0.3 is 11.7 Å². The highest BCUT2D eigenvalue weighted by molar-refractivity contribution is 5.73. The molecule has 26 heavy (non-hydrogen) atoms. The fourth-order valence-electron chi connectivity index (χ4n) is 2.75. The summed E-state index contributed by atoms with van der Waals surface area (Å²) in [5.74, 6) is 0.0425. The second-order valence-corrected chi connectivity index (χ2v) is 6.46. The molecule has 0 aliphatic carbocycles. The highest BCUT2D eigenvalue weighted by Gasteiger charge is 2.17. The van der Waals surface area contributed by atoms with Crippen LogP contribution in [0.5, 0.6) is 5.75 Å². The summed E-state index contributed by atoms with van der Waals surface area (Å²) >= 11 is 0. The van der Waals surface area contributed by atoms with E-state index in [1.54, 1.807) is 19.2 Å². The number of imidazole rings is 1. The van der Waals surface area contributed by atoms with Crippen LogP contribution in [0, 0.1) is 0 Å². The summed E-state index contributed by atoms with van der Waals surface area (Å²) in [4.78, 5) is 41.2. The van der Waals surface area contributed by atoms with Crippen molar-refractivity contribution in [2.24, 2.45) is 14.1 Å². The van der Waals surface area contributed by atoms with Gasteiger partial charge in [-0.15, -0.1) is 0 Å². The van der Waals surface area contributed by atoms with Crippen LogP contribution in [0.2, 0.25) is 0 Å². The molecule has 0 unspecified atom stereocenters. The number of ether oxygens (including phenoxy) is 1. The average Bonchev–Trinajstić information content (AvgIpc) is 2.99. The van der Waals surface area contributed by atoms with Gasteiger partial charge < -0.3 is 9.30 Å². The second kappa shape index (κ2) is 6.62. The molecule has 8 nitrogen and oxygen atoms in total. The van der Waals surface area contributed by atoms with Crippen LogP contribution < -0.4 is 16.0 Å². The van der Waals surface area contributed by atoms with E-state index in [9.17, 15) is 14.4 Å². The molecule has 0 bridgehead atoms. The lowest BCUT2D eigenvalue weighted by Gasteiger charge is -2.10. The summed E-state index contributed by atoms with van der Waals surface area (Å²) in [6.45, 7) is 3.66. The predicted octanol–water partition coefficient (Wildman–Crippen LogP) is 1.16. The summed E-state index contributed by atoms with van der Waals surface area (Å²) in [5.41, 5.74) is 0.456. The molecule has 2 aromatic heterocycles. The molecular weight excluding hydrogens is 336 g/mol. The van der Waals surface area contributed by atoms with Gasteiger partial charge in [-0.2, -0.15) is 0 Å². The Morgan fingerprint density at radius 2 is 1.81 bits per heavy atom. The number of carbonyl (C=O) groups is 1. The van der Waals surface area contributed by atoms with Crippen molar-refractivity contribution in [1.82, 2.24) is 18.7 Å². The van der Waals surface area contributed by atoms with Crippen molar-refractivity contribution >= 4 is 17.1 Å². The van der Waals surface area contributed by atoms with Crippen LogP contribution in [0.4, 0.5) is 0 Å². The molecule has 0 amide bonds. The lowest BCUT2D eigenvalue weighted by molar-refractivity contribution is -0.135. The van der Waals surface area contributed by atoms with Crippen LogP contribution in [-0.4, -0.2) is 24.7 Å². The van der Waals surface area contributed by atoms with E-state index in [2.05, 4.69) is 18.8 Å². The van der Waals surface area contributed by atoms with Gasteiger partial charge in [0.15, 0.2) is 11.2 Å². The number of rotatable bonds is 4. The fraction of sp³-hybridized carbons (Fsp3) is 0.333. The molecule has 2 heterocycles. The molecule has 0 fully saturated rings. The summed E-state index contributed by atoms with van der Waals surface area (Å²) < 4.78 is 8.87. The molecule has 0 saturated heterocycles. The Balaban J connectivity index is 1.89. The highest BCUT2D eigenvalue weighted by atomic mass is 16.5. The molecule has 0 spiro atoms. The third-order valence-corrected chi connectivity index (χ3v) is 4.27. The number of nitrogens with zero attached hydrogens (tertiary/aromatic N) is 4. The van der Waals surface area contributed by atoms with Gasteiger partial charge in [-0.25, -0.2) is 19.1 Å². The zero-order chi connectivity index (χ0) is 19.0. The van der Waals surface area contributed by atoms with Crippen molar-refractivity contribution < 1.29 is 9.53 Å². The third-order valence-electron chi connectivity index (χ3n) is 4.27. The van der Waals surface area contributed by atoms with E-state index in [1.165, 1.54) is 22.5 Å². The van der Waals surface area contributed by atoms with Gasteiger partial charge in [0.25, 0.3) is 5.56 Å². The molecule has 0 saturated carbocycles. The van der Waals surface area contributed by atoms with Gasteiger partial charge in [0.05, 0.1) is 6.33 Å². The topological polar surface area (TPSA) is 88.1 Å². The molecule has 3 aromatic rings. The minimum absolute atomic E-state index is 0.251. The van der Waals surface area contributed by atoms with Crippen molar-refractivity contribution in [3.05, 3.63) is 57.0 Å². The molecule has 0 atom stereocenters. The van der Waals surface area contributed by atoms with Crippen LogP contribution in [0.25, 0.3) is 11.2 Å². The van der Waals surface area contributed by atoms with E-state index in [0.717, 1.165) is 10.1 Å². The first-order chi connectivity index (χ1) is 12.3.